The van der Waals surface area contributed by atoms with Crippen LogP contribution in [-0.4, -0.2) is 96.3 Å². The molecule has 36 heavy (non-hydrogen) atoms. The molecule has 0 aromatic carbocycles. The highest BCUT2D eigenvalue weighted by Gasteiger charge is 2.37. The van der Waals surface area contributed by atoms with Crippen molar-refractivity contribution in [3.63, 3.8) is 0 Å². The first-order valence-corrected chi connectivity index (χ1v) is 15.7. The zero-order valence-corrected chi connectivity index (χ0v) is 23.0. The fourth-order valence-corrected chi connectivity index (χ4v) is 8.47. The average molecular weight is 573 g/mol. The average Bonchev–Trinajstić information content (AvgIpc) is 3.64. The number of carbonyl (C=O) groups excluding carboxylic acids is 2. The van der Waals surface area contributed by atoms with E-state index in [0.29, 0.717) is 40.3 Å². The van der Waals surface area contributed by atoms with E-state index in [4.69, 9.17) is 11.6 Å². The van der Waals surface area contributed by atoms with Gasteiger partial charge in [-0.1, -0.05) is 34.3 Å². The Kier molecular flexibility index (Phi) is 7.94. The van der Waals surface area contributed by atoms with Crippen LogP contribution in [0.4, 0.5) is 0 Å². The molecule has 5 heterocycles. The first-order chi connectivity index (χ1) is 17.3. The van der Waals surface area contributed by atoms with Crippen LogP contribution in [0.5, 0.6) is 0 Å². The van der Waals surface area contributed by atoms with Crippen molar-refractivity contribution in [2.75, 3.05) is 39.3 Å². The quantitative estimate of drug-likeness (QED) is 0.516. The summed E-state index contributed by atoms with van der Waals surface area (Å²) >= 11 is 8.11. The molecule has 2 aromatic heterocycles. The summed E-state index contributed by atoms with van der Waals surface area (Å²) in [5, 5.41) is 0.985. The Balaban J connectivity index is 1.20. The van der Waals surface area contributed by atoms with Crippen LogP contribution < -0.4 is 4.72 Å². The van der Waals surface area contributed by atoms with E-state index in [1.165, 1.54) is 41.5 Å². The molecule has 3 saturated heterocycles. The third-order valence-electron chi connectivity index (χ3n) is 6.93. The van der Waals surface area contributed by atoms with Crippen LogP contribution in [0.15, 0.2) is 16.6 Å². The predicted molar refractivity (Wildman–Crippen MR) is 139 cm³/mol. The van der Waals surface area contributed by atoms with Crippen molar-refractivity contribution in [2.24, 2.45) is 0 Å². The normalized spacial score (nSPS) is 23.6. The van der Waals surface area contributed by atoms with Gasteiger partial charge in [0.1, 0.15) is 10.4 Å². The Morgan fingerprint density at radius 1 is 1.03 bits per heavy atom. The van der Waals surface area contributed by atoms with Crippen molar-refractivity contribution in [1.82, 2.24) is 29.4 Å². The number of sulfonamides is 1. The van der Waals surface area contributed by atoms with Crippen molar-refractivity contribution in [1.29, 1.82) is 0 Å². The maximum Gasteiger partial charge on any atom is 0.252 e. The second-order valence-electron chi connectivity index (χ2n) is 9.42. The zero-order valence-electron chi connectivity index (χ0n) is 19.8. The zero-order chi connectivity index (χ0) is 25.3. The highest BCUT2D eigenvalue weighted by Crippen LogP contribution is 2.33. The number of carbonyl (C=O) groups is 2. The second kappa shape index (κ2) is 11.0. The van der Waals surface area contributed by atoms with Gasteiger partial charge in [0.05, 0.1) is 18.9 Å². The molecule has 2 aromatic rings. The lowest BCUT2D eigenvalue weighted by atomic mass is 10.1. The molecule has 5 rings (SSSR count). The largest absolute Gasteiger partial charge is 0.337 e. The van der Waals surface area contributed by atoms with E-state index < -0.39 is 16.1 Å². The lowest BCUT2D eigenvalue weighted by Crippen LogP contribution is -2.55. The first kappa shape index (κ1) is 26.0. The summed E-state index contributed by atoms with van der Waals surface area (Å²) in [4.78, 5) is 40.4. The van der Waals surface area contributed by atoms with Gasteiger partial charge in [0.15, 0.2) is 14.2 Å². The van der Waals surface area contributed by atoms with Gasteiger partial charge in [0.2, 0.25) is 11.8 Å². The topological polar surface area (TPSA) is 116 Å². The molecule has 0 spiro atoms. The van der Waals surface area contributed by atoms with E-state index >= 15 is 0 Å². The Morgan fingerprint density at radius 3 is 2.50 bits per heavy atom. The first-order valence-electron chi connectivity index (χ1n) is 12.2. The smallest absolute Gasteiger partial charge is 0.252 e. The third kappa shape index (κ3) is 5.76. The fourth-order valence-electron chi connectivity index (χ4n) is 5.16. The summed E-state index contributed by atoms with van der Waals surface area (Å²) < 4.78 is 29.0. The standard InChI is InChI=1S/C22H29ClN6O4S3/c23-17-11-24-20(34-17)21-25-12-19(35-21)36(32,33)26-16-6-4-9-28(22(16)31)14-18(30)29-10-3-5-15(29)13-27-7-1-2-8-27/h11-12,15-16,26H,1-10,13-14H2/t15-,16-/m0/s1. The number of rotatable bonds is 8. The van der Waals surface area contributed by atoms with Crippen LogP contribution in [0, 0.1) is 0 Å². The molecule has 196 valence electrons. The Morgan fingerprint density at radius 2 is 1.75 bits per heavy atom. The van der Waals surface area contributed by atoms with E-state index in [-0.39, 0.29) is 28.6 Å². The molecule has 0 unspecified atom stereocenters. The van der Waals surface area contributed by atoms with Gasteiger partial charge in [-0.15, -0.1) is 0 Å². The van der Waals surface area contributed by atoms with Gasteiger partial charge in [0, 0.05) is 25.7 Å². The molecular weight excluding hydrogens is 544 g/mol. The molecular formula is C22H29ClN6O4S3. The molecule has 0 saturated carbocycles. The highest BCUT2D eigenvalue weighted by molar-refractivity contribution is 7.91. The molecule has 0 bridgehead atoms. The van der Waals surface area contributed by atoms with Crippen LogP contribution in [0.1, 0.15) is 38.5 Å². The maximum absolute atomic E-state index is 13.2. The number of hydrogen-bond acceptors (Lipinski definition) is 9. The number of nitrogens with one attached hydrogen (secondary N) is 1. The van der Waals surface area contributed by atoms with Gasteiger partial charge >= 0.3 is 0 Å². The van der Waals surface area contributed by atoms with E-state index in [1.54, 1.807) is 0 Å². The Labute approximate surface area is 223 Å². The van der Waals surface area contributed by atoms with Gasteiger partial charge in [-0.25, -0.2) is 18.4 Å². The number of nitrogens with zero attached hydrogens (tertiary/aromatic N) is 5. The van der Waals surface area contributed by atoms with Gasteiger partial charge in [0.25, 0.3) is 10.0 Å². The van der Waals surface area contributed by atoms with Gasteiger partial charge < -0.3 is 14.7 Å². The number of piperidine rings is 1. The third-order valence-corrected chi connectivity index (χ3v) is 11.1. The predicted octanol–water partition coefficient (Wildman–Crippen LogP) is 2.28. The number of hydrogen-bond donors (Lipinski definition) is 1. The number of halogens is 1. The summed E-state index contributed by atoms with van der Waals surface area (Å²) in [6, 6.07) is -0.714. The molecule has 0 aliphatic carbocycles. The van der Waals surface area contributed by atoms with Gasteiger partial charge in [-0.2, -0.15) is 4.72 Å². The molecule has 10 nitrogen and oxygen atoms in total. The molecule has 3 aliphatic rings. The Hall–Kier alpha value is -1.64. The second-order valence-corrected chi connectivity index (χ2v) is 14.1. The van der Waals surface area contributed by atoms with Gasteiger partial charge in [-0.05, 0) is 51.6 Å². The number of thiazole rings is 2. The molecule has 2 amide bonds. The summed E-state index contributed by atoms with van der Waals surface area (Å²) in [6.07, 6.45) is 8.15. The van der Waals surface area contributed by atoms with Crippen molar-refractivity contribution >= 4 is 56.1 Å². The molecule has 3 fully saturated rings. The Bertz CT molecular complexity index is 1210. The highest BCUT2D eigenvalue weighted by atomic mass is 35.5. The van der Waals surface area contributed by atoms with E-state index in [0.717, 1.165) is 43.8 Å². The van der Waals surface area contributed by atoms with Crippen LogP contribution >= 0.6 is 34.3 Å². The minimum Gasteiger partial charge on any atom is -0.337 e. The lowest BCUT2D eigenvalue weighted by Gasteiger charge is -2.34. The maximum atomic E-state index is 13.2. The number of aromatic nitrogens is 2. The van der Waals surface area contributed by atoms with E-state index in [1.807, 2.05) is 4.90 Å². The minimum absolute atomic E-state index is 0.00615. The van der Waals surface area contributed by atoms with E-state index in [9.17, 15) is 18.0 Å². The van der Waals surface area contributed by atoms with Crippen molar-refractivity contribution < 1.29 is 18.0 Å². The molecule has 2 atom stereocenters. The molecule has 0 radical (unpaired) electrons. The van der Waals surface area contributed by atoms with Crippen LogP contribution in [-0.2, 0) is 19.6 Å². The summed E-state index contributed by atoms with van der Waals surface area (Å²) in [6.45, 7) is 4.22. The van der Waals surface area contributed by atoms with Crippen LogP contribution in [0.2, 0.25) is 4.34 Å². The van der Waals surface area contributed by atoms with Crippen LogP contribution in [0.3, 0.4) is 0 Å². The molecule has 3 aliphatic heterocycles. The number of amides is 2. The van der Waals surface area contributed by atoms with Crippen molar-refractivity contribution in [3.05, 3.63) is 16.7 Å². The summed E-state index contributed by atoms with van der Waals surface area (Å²) in [5.74, 6) is -0.410. The molecule has 1 N–H and O–H groups in total. The van der Waals surface area contributed by atoms with Crippen molar-refractivity contribution in [2.45, 2.75) is 54.8 Å². The molecule has 14 heteroatoms. The number of likely N-dealkylation sites (tertiary alicyclic amines) is 3. The summed E-state index contributed by atoms with van der Waals surface area (Å²) in [5.41, 5.74) is 0. The monoisotopic (exact) mass is 572 g/mol. The van der Waals surface area contributed by atoms with E-state index in [2.05, 4.69) is 19.6 Å². The fraction of sp³-hybridized carbons (Fsp3) is 0.636. The van der Waals surface area contributed by atoms with Crippen molar-refractivity contribution in [3.8, 4) is 10.0 Å². The SMILES string of the molecule is O=C1[C@@H](NS(=O)(=O)c2cnc(-c3ncc(Cl)s3)s2)CCCN1CC(=O)N1CCC[C@H]1CN1CCCC1. The lowest BCUT2D eigenvalue weighted by molar-refractivity contribution is -0.143. The minimum atomic E-state index is -3.96. The summed E-state index contributed by atoms with van der Waals surface area (Å²) in [7, 11) is -3.96. The van der Waals surface area contributed by atoms with Crippen LogP contribution in [0.25, 0.3) is 10.0 Å². The van der Waals surface area contributed by atoms with Gasteiger partial charge in [-0.3, -0.25) is 9.59 Å².